The van der Waals surface area contributed by atoms with Crippen molar-refractivity contribution in [2.45, 2.75) is 58.7 Å². The molecule has 1 saturated heterocycles. The summed E-state index contributed by atoms with van der Waals surface area (Å²) in [5.74, 6) is 1.35. The van der Waals surface area contributed by atoms with Crippen molar-refractivity contribution in [1.82, 2.24) is 4.90 Å². The molecule has 0 aromatic heterocycles. The first-order valence-electron chi connectivity index (χ1n) is 12.2. The van der Waals surface area contributed by atoms with E-state index in [0.717, 1.165) is 5.56 Å². The molecule has 1 atom stereocenters. The molecule has 2 N–H and O–H groups in total. The minimum Gasteiger partial charge on any atom is -0.485 e. The number of nitrogens with two attached hydrogens (primary N) is 1. The van der Waals surface area contributed by atoms with Gasteiger partial charge >= 0.3 is 0 Å². The zero-order valence-corrected chi connectivity index (χ0v) is 21.7. The quantitative estimate of drug-likeness (QED) is 0.236. The number of hydrogen-bond acceptors (Lipinski definition) is 7. The average Bonchev–Trinajstić information content (AvgIpc) is 2.85. The molecule has 36 heavy (non-hydrogen) atoms. The van der Waals surface area contributed by atoms with Crippen LogP contribution in [0.3, 0.4) is 0 Å². The molecule has 9 heteroatoms. The third kappa shape index (κ3) is 8.34. The fourth-order valence-electron chi connectivity index (χ4n) is 4.22. The molecule has 0 saturated carbocycles. The number of benzene rings is 1. The number of rotatable bonds is 14. The molecule has 0 aliphatic carbocycles. The molecule has 1 aromatic carbocycles. The molecular formula is C27H38N4O5. The van der Waals surface area contributed by atoms with Crippen LogP contribution >= 0.6 is 0 Å². The van der Waals surface area contributed by atoms with E-state index >= 15 is 0 Å². The Hall–Kier alpha value is -3.46. The fourth-order valence-corrected chi connectivity index (χ4v) is 4.22. The summed E-state index contributed by atoms with van der Waals surface area (Å²) in [6, 6.07) is 5.38. The highest BCUT2D eigenvalue weighted by atomic mass is 16.6. The largest absolute Gasteiger partial charge is 0.485 e. The van der Waals surface area contributed by atoms with Gasteiger partial charge < -0.3 is 24.8 Å². The third-order valence-corrected chi connectivity index (χ3v) is 6.09. The first kappa shape index (κ1) is 28.8. The second kappa shape index (κ2) is 14.2. The van der Waals surface area contributed by atoms with Crippen LogP contribution in [0.4, 0.5) is 0 Å². The van der Waals surface area contributed by atoms with Crippen LogP contribution in [-0.2, 0) is 14.3 Å². The molecule has 9 nitrogen and oxygen atoms in total. The van der Waals surface area contributed by atoms with Crippen LogP contribution in [0.5, 0.6) is 11.5 Å². The summed E-state index contributed by atoms with van der Waals surface area (Å²) in [5.41, 5.74) is 5.57. The highest BCUT2D eigenvalue weighted by Crippen LogP contribution is 2.30. The van der Waals surface area contributed by atoms with Gasteiger partial charge in [-0.2, -0.15) is 0 Å². The Morgan fingerprint density at radius 2 is 2.06 bits per heavy atom. The van der Waals surface area contributed by atoms with E-state index in [1.54, 1.807) is 6.07 Å². The number of hydrogen-bond donors (Lipinski definition) is 1. The lowest BCUT2D eigenvalue weighted by Crippen LogP contribution is -2.43. The molecule has 1 aliphatic rings. The van der Waals surface area contributed by atoms with Crippen LogP contribution in [0.25, 0.3) is 6.08 Å². The van der Waals surface area contributed by atoms with Gasteiger partial charge in [0.2, 0.25) is 5.91 Å². The molecule has 1 aromatic rings. The lowest BCUT2D eigenvalue weighted by atomic mass is 9.96. The van der Waals surface area contributed by atoms with Gasteiger partial charge in [-0.1, -0.05) is 19.1 Å². The first-order valence-corrected chi connectivity index (χ1v) is 12.2. The number of amides is 1. The summed E-state index contributed by atoms with van der Waals surface area (Å²) in [6.45, 7) is 13.4. The molecule has 1 amide bonds. The first-order chi connectivity index (χ1) is 17.2. The Labute approximate surface area is 213 Å². The maximum absolute atomic E-state index is 11.5. The van der Waals surface area contributed by atoms with Gasteiger partial charge in [-0.15, -0.1) is 0 Å². The lowest BCUT2D eigenvalue weighted by molar-refractivity contribution is -0.123. The van der Waals surface area contributed by atoms with Gasteiger partial charge in [-0.25, -0.2) is 4.99 Å². The molecule has 1 fully saturated rings. The Morgan fingerprint density at radius 1 is 1.33 bits per heavy atom. The van der Waals surface area contributed by atoms with Crippen molar-refractivity contribution in [3.05, 3.63) is 41.7 Å². The molecule has 1 heterocycles. The predicted octanol–water partition coefficient (Wildman–Crippen LogP) is 3.98. The maximum Gasteiger partial charge on any atom is 0.298 e. The van der Waals surface area contributed by atoms with Crippen LogP contribution in [0.1, 0.15) is 52.5 Å². The number of piperidine rings is 1. The zero-order chi connectivity index (χ0) is 26.6. The van der Waals surface area contributed by atoms with Gasteiger partial charge in [0, 0.05) is 30.6 Å². The standard InChI is InChI=1S/C27H38N4O5/c1-6-8-20-9-10-22(17-23(20)35-19-32)36-27(3,4)24(7-2)34-16-13-25(30-18-29-5)31-14-11-21(12-15-31)26(28)33/h6,8-10,13,17-19,21,24H,5,7,11-12,14-16H2,1-4H3,(H2,28,33)/b8-6-,25-13+,30-18-. The van der Waals surface area contributed by atoms with Gasteiger partial charge in [0.15, 0.2) is 0 Å². The minimum atomic E-state index is -0.672. The number of carbonyl (C=O) groups is 2. The molecule has 196 valence electrons. The van der Waals surface area contributed by atoms with E-state index < -0.39 is 5.60 Å². The molecular weight excluding hydrogens is 460 g/mol. The summed E-state index contributed by atoms with van der Waals surface area (Å²) in [7, 11) is 0. The maximum atomic E-state index is 11.5. The van der Waals surface area contributed by atoms with E-state index in [2.05, 4.69) is 21.6 Å². The molecule has 1 aliphatic heterocycles. The number of nitrogens with zero attached hydrogens (tertiary/aromatic N) is 3. The Kier molecular flexibility index (Phi) is 11.3. The van der Waals surface area contributed by atoms with E-state index in [1.807, 2.05) is 58.1 Å². The zero-order valence-electron chi connectivity index (χ0n) is 21.7. The Balaban J connectivity index is 2.10. The SMILES string of the molecule is C=N/C=N\C(=C/COC(CC)C(C)(C)Oc1ccc(/C=C\C)c(OC=O)c1)N1CCC(C(N)=O)CC1. The highest BCUT2D eigenvalue weighted by Gasteiger charge is 2.32. The number of allylic oxidation sites excluding steroid dienone is 1. The number of carbonyl (C=O) groups excluding carboxylic acids is 2. The third-order valence-electron chi connectivity index (χ3n) is 6.09. The van der Waals surface area contributed by atoms with Crippen LogP contribution in [0, 0.1) is 5.92 Å². The number of primary amides is 1. The predicted molar refractivity (Wildman–Crippen MR) is 142 cm³/mol. The van der Waals surface area contributed by atoms with Gasteiger partial charge in [0.1, 0.15) is 29.3 Å². The van der Waals surface area contributed by atoms with Crippen molar-refractivity contribution >= 4 is 31.5 Å². The lowest BCUT2D eigenvalue weighted by Gasteiger charge is -2.35. The van der Waals surface area contributed by atoms with E-state index in [1.165, 1.54) is 6.34 Å². The van der Waals surface area contributed by atoms with Gasteiger partial charge in [-0.05, 0) is 65.0 Å². The number of ether oxygens (including phenoxy) is 3. The van der Waals surface area contributed by atoms with E-state index in [4.69, 9.17) is 19.9 Å². The Morgan fingerprint density at radius 3 is 2.64 bits per heavy atom. The second-order valence-corrected chi connectivity index (χ2v) is 9.00. The molecule has 0 bridgehead atoms. The smallest absolute Gasteiger partial charge is 0.298 e. The molecule has 1 unspecified atom stereocenters. The van der Waals surface area contributed by atoms with Crippen molar-refractivity contribution in [2.75, 3.05) is 19.7 Å². The van der Waals surface area contributed by atoms with Crippen LogP contribution in [0.15, 0.2) is 46.2 Å². The van der Waals surface area contributed by atoms with Crippen molar-refractivity contribution in [1.29, 1.82) is 0 Å². The van der Waals surface area contributed by atoms with Crippen LogP contribution in [-0.4, -0.2) is 61.7 Å². The van der Waals surface area contributed by atoms with Crippen LogP contribution < -0.4 is 15.2 Å². The number of likely N-dealkylation sites (tertiary alicyclic amines) is 1. The van der Waals surface area contributed by atoms with Gasteiger partial charge in [0.25, 0.3) is 6.47 Å². The van der Waals surface area contributed by atoms with Crippen molar-refractivity contribution in [3.8, 4) is 11.5 Å². The normalized spacial score (nSPS) is 16.3. The van der Waals surface area contributed by atoms with Crippen LogP contribution in [0.2, 0.25) is 0 Å². The molecule has 0 radical (unpaired) electrons. The average molecular weight is 499 g/mol. The Bertz CT molecular complexity index is 978. The topological polar surface area (TPSA) is 116 Å². The minimum absolute atomic E-state index is 0.104. The van der Waals surface area contributed by atoms with Gasteiger partial charge in [-0.3, -0.25) is 14.6 Å². The van der Waals surface area contributed by atoms with E-state index in [9.17, 15) is 9.59 Å². The summed E-state index contributed by atoms with van der Waals surface area (Å²) in [6.07, 6.45) is 8.87. The monoisotopic (exact) mass is 498 g/mol. The molecule has 2 rings (SSSR count). The summed E-state index contributed by atoms with van der Waals surface area (Å²) >= 11 is 0. The van der Waals surface area contributed by atoms with Crippen molar-refractivity contribution in [3.63, 3.8) is 0 Å². The van der Waals surface area contributed by atoms with Crippen molar-refractivity contribution in [2.24, 2.45) is 21.6 Å². The summed E-state index contributed by atoms with van der Waals surface area (Å²) in [4.78, 5) is 32.6. The summed E-state index contributed by atoms with van der Waals surface area (Å²) in [5, 5.41) is 0. The van der Waals surface area contributed by atoms with Gasteiger partial charge in [0.05, 0.1) is 12.7 Å². The van der Waals surface area contributed by atoms with E-state index in [-0.39, 0.29) is 17.9 Å². The molecule has 0 spiro atoms. The number of aliphatic imine (C=N–C) groups is 2. The highest BCUT2D eigenvalue weighted by molar-refractivity contribution is 5.76. The fraction of sp³-hybridized carbons (Fsp3) is 0.481. The second-order valence-electron chi connectivity index (χ2n) is 9.00. The summed E-state index contributed by atoms with van der Waals surface area (Å²) < 4.78 is 17.6. The van der Waals surface area contributed by atoms with Crippen molar-refractivity contribution < 1.29 is 23.8 Å². The van der Waals surface area contributed by atoms with E-state index in [0.29, 0.717) is 62.8 Å².